The molecule has 3 rings (SSSR count). The summed E-state index contributed by atoms with van der Waals surface area (Å²) >= 11 is 7.57. The van der Waals surface area contributed by atoms with Crippen LogP contribution >= 0.6 is 22.9 Å². The monoisotopic (exact) mass is 491 g/mol. The second-order valence-electron chi connectivity index (χ2n) is 7.27. The lowest BCUT2D eigenvalue weighted by atomic mass is 10.1. The minimum atomic E-state index is -0.378. The summed E-state index contributed by atoms with van der Waals surface area (Å²) in [5.74, 6) is 0.0300. The molecular weight excluding hydrogens is 465 g/mol. The van der Waals surface area contributed by atoms with E-state index in [0.717, 1.165) is 22.5 Å². The molecule has 1 N–H and O–H groups in total. The number of nitrogens with one attached hydrogen (secondary N) is 1. The molecule has 0 bridgehead atoms. The molecule has 176 valence electrons. The van der Waals surface area contributed by atoms with Crippen LogP contribution in [0.2, 0.25) is 5.02 Å². The quantitative estimate of drug-likeness (QED) is 0.313. The maximum atomic E-state index is 13.5. The van der Waals surface area contributed by atoms with Gasteiger partial charge in [-0.05, 0) is 68.8 Å². The fraction of sp³-hybridized carbons (Fsp3) is 0.333. The van der Waals surface area contributed by atoms with Crippen LogP contribution in [0.15, 0.2) is 52.8 Å². The number of benzene rings is 2. The number of nitrogens with zero attached hydrogens (tertiary/aromatic N) is 2. The lowest BCUT2D eigenvalue weighted by Gasteiger charge is -2.14. The van der Waals surface area contributed by atoms with Crippen molar-refractivity contribution in [1.82, 2.24) is 9.88 Å². The normalized spacial score (nSPS) is 12.6. The smallest absolute Gasteiger partial charge is 0.322 e. The van der Waals surface area contributed by atoms with Crippen molar-refractivity contribution >= 4 is 34.6 Å². The Hall–Kier alpha value is -2.68. The van der Waals surface area contributed by atoms with Gasteiger partial charge >= 0.3 is 5.97 Å². The Labute approximate surface area is 201 Å². The molecule has 0 unspecified atom stereocenters. The molecule has 3 aromatic rings. The number of hydrogen-bond acceptors (Lipinski definition) is 6. The highest BCUT2D eigenvalue weighted by Crippen LogP contribution is 2.30. The second-order valence-corrected chi connectivity index (χ2v) is 8.54. The van der Waals surface area contributed by atoms with Crippen molar-refractivity contribution in [2.45, 2.75) is 32.9 Å². The van der Waals surface area contributed by atoms with E-state index in [9.17, 15) is 9.18 Å². The zero-order valence-corrected chi connectivity index (χ0v) is 20.4. The first-order chi connectivity index (χ1) is 15.9. The molecule has 6 nitrogen and oxygen atoms in total. The Morgan fingerprint density at radius 2 is 2.03 bits per heavy atom. The van der Waals surface area contributed by atoms with E-state index in [4.69, 9.17) is 26.1 Å². The zero-order valence-electron chi connectivity index (χ0n) is 18.8. The number of methoxy groups -OCH3 is 1. The van der Waals surface area contributed by atoms with Crippen molar-refractivity contribution in [2.75, 3.05) is 20.3 Å². The number of thiazole rings is 1. The Morgan fingerprint density at radius 3 is 2.73 bits per heavy atom. The first-order valence-corrected chi connectivity index (χ1v) is 11.9. The minimum Gasteiger partial charge on any atom is -0.494 e. The summed E-state index contributed by atoms with van der Waals surface area (Å²) < 4.78 is 26.0. The third-order valence-electron chi connectivity index (χ3n) is 4.94. The van der Waals surface area contributed by atoms with E-state index >= 15 is 0 Å². The fourth-order valence-electron chi connectivity index (χ4n) is 3.24. The summed E-state index contributed by atoms with van der Waals surface area (Å²) in [6.07, 6.45) is 0.750. The molecule has 1 heterocycles. The van der Waals surface area contributed by atoms with Gasteiger partial charge in [0.1, 0.15) is 23.3 Å². The summed E-state index contributed by atoms with van der Waals surface area (Å²) in [6.45, 7) is 5.20. The van der Waals surface area contributed by atoms with Gasteiger partial charge in [-0.3, -0.25) is 4.79 Å². The number of esters is 1. The number of carbonyl (C=O) groups excluding carboxylic acids is 1. The molecule has 33 heavy (non-hydrogen) atoms. The Bertz CT molecular complexity index is 1140. The lowest BCUT2D eigenvalue weighted by molar-refractivity contribution is -0.145. The van der Waals surface area contributed by atoms with E-state index in [-0.39, 0.29) is 17.8 Å². The molecule has 1 atom stereocenters. The van der Waals surface area contributed by atoms with Crippen LogP contribution in [0, 0.1) is 5.82 Å². The van der Waals surface area contributed by atoms with E-state index < -0.39 is 0 Å². The zero-order chi connectivity index (χ0) is 23.8. The molecule has 2 aromatic carbocycles. The van der Waals surface area contributed by atoms with Crippen molar-refractivity contribution < 1.29 is 18.7 Å². The highest BCUT2D eigenvalue weighted by molar-refractivity contribution is 7.07. The number of hydrogen-bond donors (Lipinski definition) is 1. The Balaban J connectivity index is 1.88. The van der Waals surface area contributed by atoms with Crippen LogP contribution < -0.4 is 14.9 Å². The SMILES string of the molecule is CCOC(=O)[C@H](C)NCCCn1c(-c2ccc(F)cc2)csc1=Nc1ccc(Cl)cc1OC. The summed E-state index contributed by atoms with van der Waals surface area (Å²) in [4.78, 5) is 17.4. The van der Waals surface area contributed by atoms with Crippen LogP contribution in [-0.4, -0.2) is 36.8 Å². The highest BCUT2D eigenvalue weighted by Gasteiger charge is 2.13. The first kappa shape index (κ1) is 25.0. The molecule has 1 aromatic heterocycles. The van der Waals surface area contributed by atoms with E-state index in [0.29, 0.717) is 36.2 Å². The van der Waals surface area contributed by atoms with E-state index in [1.54, 1.807) is 45.2 Å². The second kappa shape index (κ2) is 12.0. The molecule has 0 fully saturated rings. The van der Waals surface area contributed by atoms with Crippen molar-refractivity contribution in [3.05, 3.63) is 63.5 Å². The maximum Gasteiger partial charge on any atom is 0.322 e. The van der Waals surface area contributed by atoms with E-state index in [1.165, 1.54) is 23.5 Å². The number of ether oxygens (including phenoxy) is 2. The van der Waals surface area contributed by atoms with Crippen LogP contribution in [0.25, 0.3) is 11.3 Å². The van der Waals surface area contributed by atoms with Crippen molar-refractivity contribution in [1.29, 1.82) is 0 Å². The molecule has 0 spiro atoms. The largest absolute Gasteiger partial charge is 0.494 e. The van der Waals surface area contributed by atoms with Crippen LogP contribution in [-0.2, 0) is 16.1 Å². The van der Waals surface area contributed by atoms with Crippen LogP contribution in [0.4, 0.5) is 10.1 Å². The van der Waals surface area contributed by atoms with Gasteiger partial charge in [0, 0.05) is 23.0 Å². The lowest BCUT2D eigenvalue weighted by Crippen LogP contribution is -2.36. The van der Waals surface area contributed by atoms with Gasteiger partial charge in [-0.2, -0.15) is 0 Å². The third-order valence-corrected chi connectivity index (χ3v) is 6.04. The van der Waals surface area contributed by atoms with Gasteiger partial charge in [0.25, 0.3) is 0 Å². The summed E-state index contributed by atoms with van der Waals surface area (Å²) in [7, 11) is 1.58. The van der Waals surface area contributed by atoms with Crippen molar-refractivity contribution in [3.63, 3.8) is 0 Å². The number of carbonyl (C=O) groups is 1. The van der Waals surface area contributed by atoms with Gasteiger partial charge in [0.15, 0.2) is 4.80 Å². The predicted molar refractivity (Wildman–Crippen MR) is 130 cm³/mol. The minimum absolute atomic E-state index is 0.266. The molecule has 0 amide bonds. The fourth-order valence-corrected chi connectivity index (χ4v) is 4.35. The van der Waals surface area contributed by atoms with Gasteiger partial charge in [0.05, 0.1) is 19.4 Å². The average molecular weight is 492 g/mol. The van der Waals surface area contributed by atoms with Gasteiger partial charge in [-0.15, -0.1) is 11.3 Å². The van der Waals surface area contributed by atoms with Crippen LogP contribution in [0.5, 0.6) is 5.75 Å². The molecular formula is C24H27ClFN3O3S. The molecule has 0 aliphatic heterocycles. The number of halogens is 2. The van der Waals surface area contributed by atoms with Gasteiger partial charge in [-0.1, -0.05) is 11.6 Å². The van der Waals surface area contributed by atoms with Crippen molar-refractivity contribution in [2.24, 2.45) is 4.99 Å². The summed E-state index contributed by atoms with van der Waals surface area (Å²) in [6, 6.07) is 11.3. The topological polar surface area (TPSA) is 64.8 Å². The first-order valence-electron chi connectivity index (χ1n) is 10.7. The van der Waals surface area contributed by atoms with Gasteiger partial charge in [0.2, 0.25) is 0 Å². The predicted octanol–water partition coefficient (Wildman–Crippen LogP) is 5.18. The highest BCUT2D eigenvalue weighted by atomic mass is 35.5. The molecule has 0 saturated heterocycles. The van der Waals surface area contributed by atoms with Gasteiger partial charge < -0.3 is 19.4 Å². The molecule has 0 radical (unpaired) electrons. The number of aromatic nitrogens is 1. The maximum absolute atomic E-state index is 13.5. The van der Waals surface area contributed by atoms with Crippen LogP contribution in [0.3, 0.4) is 0 Å². The van der Waals surface area contributed by atoms with E-state index in [1.807, 2.05) is 11.4 Å². The number of rotatable bonds is 10. The Kier molecular flexibility index (Phi) is 9.05. The molecule has 0 aliphatic rings. The van der Waals surface area contributed by atoms with Crippen molar-refractivity contribution in [3.8, 4) is 17.0 Å². The average Bonchev–Trinajstić information content (AvgIpc) is 3.20. The Morgan fingerprint density at radius 1 is 1.27 bits per heavy atom. The molecule has 0 aliphatic carbocycles. The summed E-state index contributed by atoms with van der Waals surface area (Å²) in [5.41, 5.74) is 2.49. The molecule has 9 heteroatoms. The summed E-state index contributed by atoms with van der Waals surface area (Å²) in [5, 5.41) is 5.76. The van der Waals surface area contributed by atoms with Gasteiger partial charge in [-0.25, -0.2) is 9.38 Å². The third kappa shape index (κ3) is 6.66. The van der Waals surface area contributed by atoms with Crippen LogP contribution in [0.1, 0.15) is 20.3 Å². The standard InChI is InChI=1S/C24H27ClFN3O3S/c1-4-32-23(30)16(2)27-12-5-13-29-21(17-6-9-19(26)10-7-17)15-33-24(29)28-20-11-8-18(25)14-22(20)31-3/h6-11,14-16,27H,4-5,12-13H2,1-3H3/t16-/m0/s1. The molecule has 0 saturated carbocycles. The van der Waals surface area contributed by atoms with E-state index in [2.05, 4.69) is 9.88 Å².